The standard InChI is InChI=1S/C20H20N2O3/c23-14-20(10-11-24-18-9-5-4-8-17(18)20)22-13-16-12-21-19(25-16)15-6-2-1-3-7-15/h1-9,12,22-23H,10-11,13-14H2. The number of aliphatic hydroxyl groups excluding tert-OH is 1. The molecule has 0 radical (unpaired) electrons. The van der Waals surface area contributed by atoms with Gasteiger partial charge in [-0.3, -0.25) is 5.32 Å². The molecule has 1 unspecified atom stereocenters. The number of para-hydroxylation sites is 1. The summed E-state index contributed by atoms with van der Waals surface area (Å²) in [5.41, 5.74) is 1.39. The van der Waals surface area contributed by atoms with E-state index in [-0.39, 0.29) is 6.61 Å². The predicted octanol–water partition coefficient (Wildman–Crippen LogP) is 3.10. The van der Waals surface area contributed by atoms with Crippen LogP contribution in [0.5, 0.6) is 5.75 Å². The van der Waals surface area contributed by atoms with Crippen molar-refractivity contribution in [3.8, 4) is 17.2 Å². The van der Waals surface area contributed by atoms with Crippen LogP contribution >= 0.6 is 0 Å². The molecular formula is C20H20N2O3. The first-order valence-corrected chi connectivity index (χ1v) is 8.39. The zero-order valence-corrected chi connectivity index (χ0v) is 13.8. The number of nitrogens with one attached hydrogen (secondary N) is 1. The zero-order valence-electron chi connectivity index (χ0n) is 13.8. The SMILES string of the molecule is OCC1(NCc2cnc(-c3ccccc3)o2)CCOc2ccccc21. The van der Waals surface area contributed by atoms with E-state index in [0.717, 1.165) is 22.6 Å². The minimum absolute atomic E-state index is 0.00689. The molecule has 1 aromatic heterocycles. The minimum atomic E-state index is -0.533. The van der Waals surface area contributed by atoms with E-state index in [2.05, 4.69) is 10.3 Å². The maximum atomic E-state index is 10.1. The van der Waals surface area contributed by atoms with Crippen molar-refractivity contribution in [2.24, 2.45) is 0 Å². The quantitative estimate of drug-likeness (QED) is 0.749. The lowest BCUT2D eigenvalue weighted by Crippen LogP contribution is -2.48. The molecule has 5 heteroatoms. The summed E-state index contributed by atoms with van der Waals surface area (Å²) in [7, 11) is 0. The Morgan fingerprint density at radius 1 is 1.08 bits per heavy atom. The summed E-state index contributed by atoms with van der Waals surface area (Å²) in [6, 6.07) is 17.6. The normalized spacial score (nSPS) is 19.2. The van der Waals surface area contributed by atoms with Crippen LogP contribution in [0.1, 0.15) is 17.7 Å². The van der Waals surface area contributed by atoms with Crippen molar-refractivity contribution in [1.29, 1.82) is 0 Å². The molecule has 0 bridgehead atoms. The van der Waals surface area contributed by atoms with Gasteiger partial charge in [0.25, 0.3) is 0 Å². The molecule has 0 spiro atoms. The van der Waals surface area contributed by atoms with Crippen molar-refractivity contribution < 1.29 is 14.3 Å². The molecule has 1 aliphatic rings. The van der Waals surface area contributed by atoms with E-state index in [1.165, 1.54) is 0 Å². The first-order valence-electron chi connectivity index (χ1n) is 8.39. The van der Waals surface area contributed by atoms with Crippen LogP contribution in [0.4, 0.5) is 0 Å². The molecule has 0 aliphatic carbocycles. The number of ether oxygens (including phenoxy) is 1. The molecule has 2 N–H and O–H groups in total. The van der Waals surface area contributed by atoms with E-state index < -0.39 is 5.54 Å². The summed E-state index contributed by atoms with van der Waals surface area (Å²) in [6.07, 6.45) is 2.42. The van der Waals surface area contributed by atoms with Gasteiger partial charge in [-0.25, -0.2) is 4.98 Å². The molecule has 0 fully saturated rings. The van der Waals surface area contributed by atoms with Gasteiger partial charge in [-0.2, -0.15) is 0 Å². The number of aromatic nitrogens is 1. The monoisotopic (exact) mass is 336 g/mol. The molecule has 1 atom stereocenters. The molecule has 5 nitrogen and oxygen atoms in total. The molecule has 2 aromatic carbocycles. The summed E-state index contributed by atoms with van der Waals surface area (Å²) >= 11 is 0. The molecule has 25 heavy (non-hydrogen) atoms. The fourth-order valence-electron chi connectivity index (χ4n) is 3.22. The molecule has 2 heterocycles. The number of fused-ring (bicyclic) bond motifs is 1. The summed E-state index contributed by atoms with van der Waals surface area (Å²) < 4.78 is 11.6. The van der Waals surface area contributed by atoms with Crippen LogP contribution in [0.15, 0.2) is 65.2 Å². The van der Waals surface area contributed by atoms with Crippen molar-refractivity contribution in [3.05, 3.63) is 72.1 Å². The Kier molecular flexibility index (Phi) is 4.26. The highest BCUT2D eigenvalue weighted by Gasteiger charge is 2.37. The number of benzene rings is 2. The van der Waals surface area contributed by atoms with Crippen molar-refractivity contribution in [2.45, 2.75) is 18.5 Å². The summed E-state index contributed by atoms with van der Waals surface area (Å²) in [5.74, 6) is 2.15. The average Bonchev–Trinajstić information content (AvgIpc) is 3.16. The van der Waals surface area contributed by atoms with E-state index in [0.29, 0.717) is 25.5 Å². The largest absolute Gasteiger partial charge is 0.493 e. The molecule has 0 saturated carbocycles. The van der Waals surface area contributed by atoms with Crippen molar-refractivity contribution in [3.63, 3.8) is 0 Å². The molecular weight excluding hydrogens is 316 g/mol. The van der Waals surface area contributed by atoms with Gasteiger partial charge in [-0.15, -0.1) is 0 Å². The Hall–Kier alpha value is -2.63. The molecule has 1 aliphatic heterocycles. The number of rotatable bonds is 5. The van der Waals surface area contributed by atoms with Crippen molar-refractivity contribution in [2.75, 3.05) is 13.2 Å². The van der Waals surface area contributed by atoms with E-state index in [4.69, 9.17) is 9.15 Å². The van der Waals surface area contributed by atoms with E-state index in [1.807, 2.05) is 54.6 Å². The smallest absolute Gasteiger partial charge is 0.226 e. The number of nitrogens with zero attached hydrogens (tertiary/aromatic N) is 1. The van der Waals surface area contributed by atoms with Crippen LogP contribution in [0, 0.1) is 0 Å². The molecule has 4 rings (SSSR count). The number of hydrogen-bond acceptors (Lipinski definition) is 5. The highest BCUT2D eigenvalue weighted by atomic mass is 16.5. The molecule has 0 amide bonds. The second kappa shape index (κ2) is 6.70. The van der Waals surface area contributed by atoms with Gasteiger partial charge in [-0.1, -0.05) is 36.4 Å². The Morgan fingerprint density at radius 2 is 1.88 bits per heavy atom. The van der Waals surface area contributed by atoms with Gasteiger partial charge in [0.15, 0.2) is 0 Å². The van der Waals surface area contributed by atoms with Gasteiger partial charge in [0.2, 0.25) is 5.89 Å². The Labute approximate surface area is 146 Å². The van der Waals surface area contributed by atoms with Crippen LogP contribution in [0.2, 0.25) is 0 Å². The summed E-state index contributed by atoms with van der Waals surface area (Å²) in [5, 5.41) is 13.5. The van der Waals surface area contributed by atoms with Crippen LogP contribution in [0.25, 0.3) is 11.5 Å². The summed E-state index contributed by atoms with van der Waals surface area (Å²) in [6.45, 7) is 1.04. The lowest BCUT2D eigenvalue weighted by Gasteiger charge is -2.38. The van der Waals surface area contributed by atoms with Gasteiger partial charge >= 0.3 is 0 Å². The average molecular weight is 336 g/mol. The molecule has 128 valence electrons. The number of aliphatic hydroxyl groups is 1. The van der Waals surface area contributed by atoms with Crippen LogP contribution < -0.4 is 10.1 Å². The zero-order chi connectivity index (χ0) is 17.1. The maximum Gasteiger partial charge on any atom is 0.226 e. The lowest BCUT2D eigenvalue weighted by atomic mass is 9.85. The van der Waals surface area contributed by atoms with E-state index in [9.17, 15) is 5.11 Å². The Bertz CT molecular complexity index is 847. The Morgan fingerprint density at radius 3 is 2.72 bits per heavy atom. The Balaban J connectivity index is 1.54. The van der Waals surface area contributed by atoms with Crippen molar-refractivity contribution >= 4 is 0 Å². The molecule has 0 saturated heterocycles. The maximum absolute atomic E-state index is 10.1. The second-order valence-electron chi connectivity index (χ2n) is 6.19. The van der Waals surface area contributed by atoms with Crippen LogP contribution in [0.3, 0.4) is 0 Å². The fraction of sp³-hybridized carbons (Fsp3) is 0.250. The first kappa shape index (κ1) is 15.9. The highest BCUT2D eigenvalue weighted by molar-refractivity contribution is 5.52. The lowest BCUT2D eigenvalue weighted by molar-refractivity contribution is 0.104. The van der Waals surface area contributed by atoms with E-state index >= 15 is 0 Å². The van der Waals surface area contributed by atoms with Gasteiger partial charge in [0.1, 0.15) is 11.5 Å². The number of hydrogen-bond donors (Lipinski definition) is 2. The second-order valence-corrected chi connectivity index (χ2v) is 6.19. The topological polar surface area (TPSA) is 67.5 Å². The third-order valence-electron chi connectivity index (χ3n) is 4.63. The first-order chi connectivity index (χ1) is 12.3. The predicted molar refractivity (Wildman–Crippen MR) is 94.1 cm³/mol. The third kappa shape index (κ3) is 3.04. The van der Waals surface area contributed by atoms with Gasteiger partial charge in [-0.05, 0) is 18.2 Å². The van der Waals surface area contributed by atoms with Gasteiger partial charge in [0, 0.05) is 17.5 Å². The van der Waals surface area contributed by atoms with Crippen molar-refractivity contribution in [1.82, 2.24) is 10.3 Å². The third-order valence-corrected chi connectivity index (χ3v) is 4.63. The van der Waals surface area contributed by atoms with Crippen LogP contribution in [-0.4, -0.2) is 23.3 Å². The molecule has 3 aromatic rings. The van der Waals surface area contributed by atoms with Gasteiger partial charge < -0.3 is 14.3 Å². The fourth-order valence-corrected chi connectivity index (χ4v) is 3.22. The van der Waals surface area contributed by atoms with E-state index in [1.54, 1.807) is 6.20 Å². The van der Waals surface area contributed by atoms with Crippen LogP contribution in [-0.2, 0) is 12.1 Å². The van der Waals surface area contributed by atoms with Gasteiger partial charge in [0.05, 0.1) is 31.5 Å². The summed E-state index contributed by atoms with van der Waals surface area (Å²) in [4.78, 5) is 4.35. The minimum Gasteiger partial charge on any atom is -0.493 e. The highest BCUT2D eigenvalue weighted by Crippen LogP contribution is 2.36. The number of oxazole rings is 1.